The second kappa shape index (κ2) is 5.79. The molecule has 6 nitrogen and oxygen atoms in total. The number of hydrogen-bond acceptors (Lipinski definition) is 5. The van der Waals surface area contributed by atoms with E-state index in [4.69, 9.17) is 0 Å². The lowest BCUT2D eigenvalue weighted by Gasteiger charge is -2.04. The number of carbonyl (C=O) groups is 1. The average molecular weight is 344 g/mol. The molecule has 1 N–H and O–H groups in total. The van der Waals surface area contributed by atoms with Gasteiger partial charge >= 0.3 is 0 Å². The maximum atomic E-state index is 11.8. The van der Waals surface area contributed by atoms with E-state index in [-0.39, 0.29) is 5.91 Å². The van der Waals surface area contributed by atoms with Crippen molar-refractivity contribution < 1.29 is 4.79 Å². The van der Waals surface area contributed by atoms with Crippen molar-refractivity contribution in [3.63, 3.8) is 0 Å². The van der Waals surface area contributed by atoms with Gasteiger partial charge in [0.2, 0.25) is 11.0 Å². The van der Waals surface area contributed by atoms with E-state index in [1.54, 1.807) is 0 Å². The Morgan fingerprint density at radius 3 is 2.63 bits per heavy atom. The molecule has 0 saturated heterocycles. The van der Waals surface area contributed by atoms with E-state index in [0.717, 1.165) is 20.9 Å². The summed E-state index contributed by atoms with van der Waals surface area (Å²) in [6, 6.07) is 0. The number of aryl methyl sites for hydroxylation is 3. The highest BCUT2D eigenvalue weighted by Gasteiger charge is 2.11. The zero-order chi connectivity index (χ0) is 14.0. The number of carbonyl (C=O) groups excluding carboxylic acids is 1. The molecule has 19 heavy (non-hydrogen) atoms. The number of hydrogen-bond donors (Lipinski definition) is 1. The minimum Gasteiger partial charge on any atom is -0.300 e. The molecule has 0 radical (unpaired) electrons. The molecule has 102 valence electrons. The molecule has 2 rings (SSSR count). The van der Waals surface area contributed by atoms with Crippen LogP contribution in [-0.2, 0) is 11.3 Å². The third-order valence-electron chi connectivity index (χ3n) is 2.62. The van der Waals surface area contributed by atoms with Crippen LogP contribution in [0.5, 0.6) is 0 Å². The number of anilines is 1. The summed E-state index contributed by atoms with van der Waals surface area (Å²) in [6.45, 7) is 6.29. The Hall–Kier alpha value is -1.28. The Kier molecular flexibility index (Phi) is 4.31. The maximum Gasteiger partial charge on any atom is 0.228 e. The van der Waals surface area contributed by atoms with Gasteiger partial charge in [0.15, 0.2) is 0 Å². The molecule has 0 atom stereocenters. The van der Waals surface area contributed by atoms with Crippen LogP contribution in [0.4, 0.5) is 5.13 Å². The van der Waals surface area contributed by atoms with Crippen LogP contribution < -0.4 is 5.32 Å². The van der Waals surface area contributed by atoms with Gasteiger partial charge < -0.3 is 5.32 Å². The minimum absolute atomic E-state index is 0.0835. The van der Waals surface area contributed by atoms with E-state index in [1.165, 1.54) is 11.3 Å². The van der Waals surface area contributed by atoms with E-state index >= 15 is 0 Å². The largest absolute Gasteiger partial charge is 0.300 e. The summed E-state index contributed by atoms with van der Waals surface area (Å²) in [7, 11) is 0. The summed E-state index contributed by atoms with van der Waals surface area (Å²) >= 11 is 4.83. The predicted octanol–water partition coefficient (Wildman–Crippen LogP) is 2.45. The third kappa shape index (κ3) is 3.38. The van der Waals surface area contributed by atoms with Crippen LogP contribution in [0.3, 0.4) is 0 Å². The summed E-state index contributed by atoms with van der Waals surface area (Å²) < 4.78 is 2.82. The predicted molar refractivity (Wildman–Crippen MR) is 77.3 cm³/mol. The second-order valence-electron chi connectivity index (χ2n) is 4.13. The van der Waals surface area contributed by atoms with Crippen molar-refractivity contribution in [1.29, 1.82) is 0 Å². The molecule has 0 fully saturated rings. The SMILES string of the molecule is Cc1nnc(NC(=O)CCn2nc(C)c(Br)c2C)s1. The third-order valence-corrected chi connectivity index (χ3v) is 4.52. The molecule has 0 aromatic carbocycles. The van der Waals surface area contributed by atoms with Crippen LogP contribution in [0.1, 0.15) is 22.8 Å². The van der Waals surface area contributed by atoms with Gasteiger partial charge in [0.25, 0.3) is 0 Å². The topological polar surface area (TPSA) is 72.7 Å². The molecule has 0 unspecified atom stereocenters. The zero-order valence-electron chi connectivity index (χ0n) is 10.9. The van der Waals surface area contributed by atoms with Crippen LogP contribution in [0, 0.1) is 20.8 Å². The molecule has 2 heterocycles. The lowest BCUT2D eigenvalue weighted by atomic mass is 10.3. The van der Waals surface area contributed by atoms with Gasteiger partial charge in [0.05, 0.1) is 16.7 Å². The van der Waals surface area contributed by atoms with Gasteiger partial charge in [-0.3, -0.25) is 9.48 Å². The highest BCUT2D eigenvalue weighted by Crippen LogP contribution is 2.20. The van der Waals surface area contributed by atoms with Crippen molar-refractivity contribution in [3.8, 4) is 0 Å². The van der Waals surface area contributed by atoms with Crippen molar-refractivity contribution in [1.82, 2.24) is 20.0 Å². The molecule has 0 aliphatic carbocycles. The van der Waals surface area contributed by atoms with Crippen molar-refractivity contribution >= 4 is 38.3 Å². The standard InChI is InChI=1S/C11H14BrN5OS/c1-6-10(12)7(2)17(16-6)5-4-9(18)13-11-15-14-8(3)19-11/h4-5H2,1-3H3,(H,13,15,18). The molecule has 0 aliphatic heterocycles. The van der Waals surface area contributed by atoms with Gasteiger partial charge in [-0.1, -0.05) is 11.3 Å². The molecule has 0 aliphatic rings. The molecule has 0 saturated carbocycles. The molecule has 0 bridgehead atoms. The summed E-state index contributed by atoms with van der Waals surface area (Å²) in [5.41, 5.74) is 1.95. The Labute approximate surface area is 123 Å². The lowest BCUT2D eigenvalue weighted by molar-refractivity contribution is -0.116. The van der Waals surface area contributed by atoms with Crippen LogP contribution in [0.15, 0.2) is 4.47 Å². The van der Waals surface area contributed by atoms with Crippen LogP contribution in [0.25, 0.3) is 0 Å². The van der Waals surface area contributed by atoms with Crippen LogP contribution in [0.2, 0.25) is 0 Å². The van der Waals surface area contributed by atoms with Crippen molar-refractivity contribution in [2.45, 2.75) is 33.7 Å². The first-order valence-corrected chi connectivity index (χ1v) is 7.38. The fraction of sp³-hybridized carbons (Fsp3) is 0.455. The normalized spacial score (nSPS) is 10.7. The molecule has 0 spiro atoms. The fourth-order valence-corrected chi connectivity index (χ4v) is 2.52. The molecule has 1 amide bonds. The maximum absolute atomic E-state index is 11.8. The van der Waals surface area contributed by atoms with E-state index in [1.807, 2.05) is 25.5 Å². The highest BCUT2D eigenvalue weighted by molar-refractivity contribution is 9.10. The van der Waals surface area contributed by atoms with E-state index in [9.17, 15) is 4.79 Å². The van der Waals surface area contributed by atoms with Gasteiger partial charge in [-0.15, -0.1) is 10.2 Å². The molecular formula is C11H14BrN5OS. The number of aromatic nitrogens is 4. The second-order valence-corrected chi connectivity index (χ2v) is 6.11. The molecular weight excluding hydrogens is 330 g/mol. The first-order valence-electron chi connectivity index (χ1n) is 5.77. The van der Waals surface area contributed by atoms with Gasteiger partial charge in [-0.25, -0.2) is 0 Å². The lowest BCUT2D eigenvalue weighted by Crippen LogP contribution is -2.15. The van der Waals surface area contributed by atoms with Crippen LogP contribution >= 0.6 is 27.3 Å². The summed E-state index contributed by atoms with van der Waals surface area (Å²) in [6.07, 6.45) is 0.354. The smallest absolute Gasteiger partial charge is 0.228 e. The van der Waals surface area contributed by atoms with E-state index in [0.29, 0.717) is 18.1 Å². The van der Waals surface area contributed by atoms with Gasteiger partial charge in [-0.2, -0.15) is 5.10 Å². The van der Waals surface area contributed by atoms with Gasteiger partial charge in [0, 0.05) is 12.1 Å². The Morgan fingerprint density at radius 1 is 1.37 bits per heavy atom. The summed E-state index contributed by atoms with van der Waals surface area (Å²) in [5.74, 6) is -0.0835. The number of halogens is 1. The number of nitrogens with zero attached hydrogens (tertiary/aromatic N) is 4. The first kappa shape index (κ1) is 14.1. The Balaban J connectivity index is 1.91. The summed E-state index contributed by atoms with van der Waals surface area (Å²) in [5, 5.41) is 16.2. The first-order chi connectivity index (χ1) is 8.97. The monoisotopic (exact) mass is 343 g/mol. The molecule has 2 aromatic heterocycles. The number of rotatable bonds is 4. The Bertz CT molecular complexity index is 606. The van der Waals surface area contributed by atoms with Crippen molar-refractivity contribution in [3.05, 3.63) is 20.9 Å². The zero-order valence-corrected chi connectivity index (χ0v) is 13.3. The Morgan fingerprint density at radius 2 is 2.11 bits per heavy atom. The van der Waals surface area contributed by atoms with Crippen molar-refractivity contribution in [2.24, 2.45) is 0 Å². The highest BCUT2D eigenvalue weighted by atomic mass is 79.9. The van der Waals surface area contributed by atoms with Gasteiger partial charge in [0.1, 0.15) is 5.01 Å². The quantitative estimate of drug-likeness (QED) is 0.925. The number of nitrogens with one attached hydrogen (secondary N) is 1. The van der Waals surface area contributed by atoms with E-state index in [2.05, 4.69) is 36.5 Å². The van der Waals surface area contributed by atoms with Crippen LogP contribution in [-0.4, -0.2) is 25.9 Å². The van der Waals surface area contributed by atoms with Crippen molar-refractivity contribution in [2.75, 3.05) is 5.32 Å². The number of amides is 1. The molecule has 2 aromatic rings. The van der Waals surface area contributed by atoms with Gasteiger partial charge in [-0.05, 0) is 36.7 Å². The van der Waals surface area contributed by atoms with E-state index < -0.39 is 0 Å². The minimum atomic E-state index is -0.0835. The fourth-order valence-electron chi connectivity index (χ4n) is 1.63. The summed E-state index contributed by atoms with van der Waals surface area (Å²) in [4.78, 5) is 11.8. The average Bonchev–Trinajstić information content (AvgIpc) is 2.86. The molecule has 8 heteroatoms.